The monoisotopic (exact) mass is 529 g/mol. The molecule has 7 unspecified atom stereocenters. The lowest BCUT2D eigenvalue weighted by atomic mass is 9.45. The number of carbonyl (C=O) groups excluding carboxylic acids is 1. The zero-order chi connectivity index (χ0) is 26.7. The number of alkyl halides is 3. The van der Waals surface area contributed by atoms with Gasteiger partial charge in [-0.15, -0.1) is 0 Å². The van der Waals surface area contributed by atoms with E-state index in [1.54, 1.807) is 0 Å². The third kappa shape index (κ3) is 6.55. The number of carbonyl (C=O) groups is 1. The van der Waals surface area contributed by atoms with Crippen molar-refractivity contribution >= 4 is 11.6 Å². The Morgan fingerprint density at radius 2 is 1.65 bits per heavy atom. The molecule has 4 aliphatic rings. The normalized spacial score (nSPS) is 37.2. The van der Waals surface area contributed by atoms with Crippen LogP contribution in [0.1, 0.15) is 106 Å². The molecule has 0 aromatic carbocycles. The van der Waals surface area contributed by atoms with Crippen molar-refractivity contribution in [2.24, 2.45) is 51.1 Å². The van der Waals surface area contributed by atoms with Crippen LogP contribution in [-0.2, 0) is 4.79 Å². The van der Waals surface area contributed by atoms with Gasteiger partial charge in [0.1, 0.15) is 13.1 Å². The number of fused-ring (bicyclic) bond motifs is 5. The standard InChI is InChI=1S/C27H44F3N3O.C2H6.CH4/c1-18(32-16-24(34)33(15-14-31)17-27(28,29)30)21-9-10-22-20-8-7-19-6-4-5-12-25(19,2)23(20)11-13-26(21,22)3;1-2;/h19-23H,4-17,31H2,1-3H3;1-2H3;1H4. The van der Waals surface area contributed by atoms with Crippen molar-refractivity contribution in [2.75, 3.05) is 26.2 Å². The minimum Gasteiger partial charge on any atom is -0.331 e. The number of amides is 1. The average Bonchev–Trinajstić information content (AvgIpc) is 3.19. The van der Waals surface area contributed by atoms with Gasteiger partial charge in [-0.2, -0.15) is 13.2 Å². The van der Waals surface area contributed by atoms with Crippen molar-refractivity contribution in [3.05, 3.63) is 0 Å². The molecular weight excluding hydrogens is 475 g/mol. The summed E-state index contributed by atoms with van der Waals surface area (Å²) in [7, 11) is 0. The summed E-state index contributed by atoms with van der Waals surface area (Å²) in [5.41, 5.74) is 7.10. The lowest BCUT2D eigenvalue weighted by Crippen LogP contribution is -2.53. The van der Waals surface area contributed by atoms with Gasteiger partial charge in [-0.05, 0) is 92.8 Å². The van der Waals surface area contributed by atoms with Crippen LogP contribution < -0.4 is 5.73 Å². The predicted molar refractivity (Wildman–Crippen MR) is 148 cm³/mol. The van der Waals surface area contributed by atoms with Gasteiger partial charge in [0.05, 0.1) is 0 Å². The molecule has 0 aromatic rings. The van der Waals surface area contributed by atoms with Crippen LogP contribution in [0, 0.1) is 40.4 Å². The van der Waals surface area contributed by atoms with Gasteiger partial charge in [0.2, 0.25) is 5.91 Å². The van der Waals surface area contributed by atoms with E-state index in [-0.39, 0.29) is 32.5 Å². The third-order valence-corrected chi connectivity index (χ3v) is 10.7. The number of hydrogen-bond donors (Lipinski definition) is 1. The molecule has 2 N–H and O–H groups in total. The molecule has 216 valence electrons. The van der Waals surface area contributed by atoms with Gasteiger partial charge in [-0.3, -0.25) is 9.79 Å². The molecular formula is C30H54F3N3O. The first-order chi connectivity index (χ1) is 17.0. The second-order valence-electron chi connectivity index (χ2n) is 12.3. The first-order valence-corrected chi connectivity index (χ1v) is 14.5. The van der Waals surface area contributed by atoms with Crippen LogP contribution in [0.5, 0.6) is 0 Å². The van der Waals surface area contributed by atoms with E-state index in [0.29, 0.717) is 17.3 Å². The minimum absolute atomic E-state index is 0. The van der Waals surface area contributed by atoms with Gasteiger partial charge in [0, 0.05) is 24.7 Å². The van der Waals surface area contributed by atoms with E-state index in [0.717, 1.165) is 34.8 Å². The molecule has 4 rings (SSSR count). The van der Waals surface area contributed by atoms with E-state index >= 15 is 0 Å². The van der Waals surface area contributed by atoms with Gasteiger partial charge in [-0.25, -0.2) is 0 Å². The fourth-order valence-electron chi connectivity index (χ4n) is 9.05. The Morgan fingerprint density at radius 3 is 2.30 bits per heavy atom. The van der Waals surface area contributed by atoms with E-state index in [1.165, 1.54) is 57.8 Å². The number of hydrogen-bond acceptors (Lipinski definition) is 3. The number of nitrogens with two attached hydrogens (primary N) is 1. The van der Waals surface area contributed by atoms with Crippen LogP contribution in [0.3, 0.4) is 0 Å². The molecule has 4 saturated carbocycles. The summed E-state index contributed by atoms with van der Waals surface area (Å²) in [5, 5.41) is 0. The van der Waals surface area contributed by atoms with Gasteiger partial charge in [0.15, 0.2) is 0 Å². The molecule has 37 heavy (non-hydrogen) atoms. The van der Waals surface area contributed by atoms with Gasteiger partial charge in [-0.1, -0.05) is 48.0 Å². The summed E-state index contributed by atoms with van der Waals surface area (Å²) in [4.78, 5) is 17.9. The van der Waals surface area contributed by atoms with Crippen LogP contribution in [-0.4, -0.2) is 48.9 Å². The van der Waals surface area contributed by atoms with Crippen LogP contribution in [0.2, 0.25) is 0 Å². The van der Waals surface area contributed by atoms with Crippen LogP contribution in [0.25, 0.3) is 0 Å². The van der Waals surface area contributed by atoms with E-state index in [2.05, 4.69) is 18.8 Å². The zero-order valence-electron chi connectivity index (χ0n) is 23.3. The molecule has 7 atom stereocenters. The average molecular weight is 530 g/mol. The molecule has 1 amide bonds. The SMILES string of the molecule is C.CC.CC(=NCC(=O)N(CCN)CC(F)(F)F)C1CCC2C3CCC4CCCCC4(C)C3CCC12C. The first-order valence-electron chi connectivity index (χ1n) is 14.5. The summed E-state index contributed by atoms with van der Waals surface area (Å²) in [6.07, 6.45) is 8.72. The second-order valence-corrected chi connectivity index (χ2v) is 12.3. The first kappa shape index (κ1) is 32.1. The Hall–Kier alpha value is -1.11. The quantitative estimate of drug-likeness (QED) is 0.362. The molecule has 0 heterocycles. The third-order valence-electron chi connectivity index (χ3n) is 10.7. The summed E-state index contributed by atoms with van der Waals surface area (Å²) >= 11 is 0. The molecule has 4 nitrogen and oxygen atoms in total. The van der Waals surface area contributed by atoms with E-state index in [1.807, 2.05) is 20.8 Å². The van der Waals surface area contributed by atoms with Crippen molar-refractivity contribution in [3.8, 4) is 0 Å². The van der Waals surface area contributed by atoms with Gasteiger partial charge >= 0.3 is 6.18 Å². The van der Waals surface area contributed by atoms with Crippen molar-refractivity contribution in [2.45, 2.75) is 112 Å². The molecule has 0 spiro atoms. The smallest absolute Gasteiger partial charge is 0.331 e. The molecule has 0 aliphatic heterocycles. The highest BCUT2D eigenvalue weighted by atomic mass is 19.4. The van der Waals surface area contributed by atoms with Gasteiger partial charge in [0.25, 0.3) is 0 Å². The summed E-state index contributed by atoms with van der Waals surface area (Å²) in [6.45, 7) is 9.46. The molecule has 4 fully saturated rings. The maximum Gasteiger partial charge on any atom is 0.406 e. The Balaban J connectivity index is 0.00000157. The van der Waals surface area contributed by atoms with Crippen molar-refractivity contribution in [1.29, 1.82) is 0 Å². The Bertz CT molecular complexity index is 785. The molecule has 0 saturated heterocycles. The Kier molecular flexibility index (Phi) is 11.1. The Morgan fingerprint density at radius 1 is 0.973 bits per heavy atom. The molecule has 4 aliphatic carbocycles. The fourth-order valence-corrected chi connectivity index (χ4v) is 9.05. The summed E-state index contributed by atoms with van der Waals surface area (Å²) in [5.74, 6) is 2.99. The second kappa shape index (κ2) is 12.8. The van der Waals surface area contributed by atoms with Crippen LogP contribution >= 0.6 is 0 Å². The highest BCUT2D eigenvalue weighted by Gasteiger charge is 2.59. The van der Waals surface area contributed by atoms with E-state index < -0.39 is 18.6 Å². The highest BCUT2D eigenvalue weighted by molar-refractivity contribution is 5.88. The molecule has 0 radical (unpaired) electrons. The lowest BCUT2D eigenvalue weighted by molar-refractivity contribution is -0.160. The van der Waals surface area contributed by atoms with Crippen molar-refractivity contribution in [3.63, 3.8) is 0 Å². The van der Waals surface area contributed by atoms with Crippen molar-refractivity contribution < 1.29 is 18.0 Å². The maximum atomic E-state index is 12.9. The highest BCUT2D eigenvalue weighted by Crippen LogP contribution is 2.67. The largest absolute Gasteiger partial charge is 0.406 e. The van der Waals surface area contributed by atoms with Crippen molar-refractivity contribution in [1.82, 2.24) is 4.90 Å². The number of aliphatic imine (C=N–C) groups is 1. The minimum atomic E-state index is -4.43. The van der Waals surface area contributed by atoms with E-state index in [9.17, 15) is 18.0 Å². The van der Waals surface area contributed by atoms with Crippen LogP contribution in [0.15, 0.2) is 4.99 Å². The molecule has 7 heteroatoms. The van der Waals surface area contributed by atoms with E-state index in [4.69, 9.17) is 5.73 Å². The summed E-state index contributed by atoms with van der Waals surface area (Å²) in [6, 6.07) is 0. The van der Waals surface area contributed by atoms with Gasteiger partial charge < -0.3 is 10.6 Å². The molecule has 0 aromatic heterocycles. The number of rotatable bonds is 6. The predicted octanol–water partition coefficient (Wildman–Crippen LogP) is 7.51. The maximum absolute atomic E-state index is 12.9. The van der Waals surface area contributed by atoms with Crippen LogP contribution in [0.4, 0.5) is 13.2 Å². The molecule has 0 bridgehead atoms. The topological polar surface area (TPSA) is 58.7 Å². The number of halogens is 3. The number of nitrogens with zero attached hydrogens (tertiary/aromatic N) is 2. The zero-order valence-corrected chi connectivity index (χ0v) is 23.3. The Labute approximate surface area is 224 Å². The fraction of sp³-hybridized carbons (Fsp3) is 0.933. The summed E-state index contributed by atoms with van der Waals surface area (Å²) < 4.78 is 38.6. The lowest BCUT2D eigenvalue weighted by Gasteiger charge is -2.60.